The third-order valence-corrected chi connectivity index (χ3v) is 4.04. The molecule has 0 saturated carbocycles. The lowest BCUT2D eigenvalue weighted by Crippen LogP contribution is -2.02. The molecule has 0 saturated heterocycles. The summed E-state index contributed by atoms with van der Waals surface area (Å²) in [5.41, 5.74) is 1.06. The third-order valence-electron chi connectivity index (χ3n) is 2.35. The van der Waals surface area contributed by atoms with Crippen molar-refractivity contribution >= 4 is 33.1 Å². The summed E-state index contributed by atoms with van der Waals surface area (Å²) in [4.78, 5) is 9.74. The van der Waals surface area contributed by atoms with Gasteiger partial charge in [-0.25, -0.2) is 9.97 Å². The zero-order valence-electron chi connectivity index (χ0n) is 9.77. The molecule has 0 aromatic carbocycles. The van der Waals surface area contributed by atoms with Crippen LogP contribution in [0.5, 0.6) is 0 Å². The maximum atomic E-state index is 4.24. The lowest BCUT2D eigenvalue weighted by Gasteiger charge is -2.07. The molecule has 0 bridgehead atoms. The summed E-state index contributed by atoms with van der Waals surface area (Å²) in [5.74, 6) is 1.31. The van der Waals surface area contributed by atoms with Crippen molar-refractivity contribution in [1.29, 1.82) is 0 Å². The first-order valence-corrected chi connectivity index (χ1v) is 7.11. The van der Waals surface area contributed by atoms with Crippen LogP contribution in [0.3, 0.4) is 0 Å². The number of thiophene rings is 1. The molecule has 2 rings (SSSR count). The first-order chi connectivity index (χ1) is 8.15. The van der Waals surface area contributed by atoms with Gasteiger partial charge in [0.25, 0.3) is 0 Å². The van der Waals surface area contributed by atoms with Gasteiger partial charge in [0.15, 0.2) is 0 Å². The quantitative estimate of drug-likeness (QED) is 0.926. The van der Waals surface area contributed by atoms with Gasteiger partial charge in [0.05, 0.1) is 6.54 Å². The average molecular weight is 312 g/mol. The van der Waals surface area contributed by atoms with Crippen LogP contribution in [0.2, 0.25) is 0 Å². The van der Waals surface area contributed by atoms with Crippen molar-refractivity contribution < 1.29 is 0 Å². The summed E-state index contributed by atoms with van der Waals surface area (Å²) in [6.07, 6.45) is 1.61. The van der Waals surface area contributed by atoms with E-state index in [-0.39, 0.29) is 0 Å². The zero-order valence-corrected chi connectivity index (χ0v) is 12.2. The molecule has 5 heteroatoms. The molecular weight excluding hydrogens is 298 g/mol. The van der Waals surface area contributed by atoms with Gasteiger partial charge in [-0.2, -0.15) is 0 Å². The summed E-state index contributed by atoms with van der Waals surface area (Å²) in [7, 11) is 0. The number of nitrogens with one attached hydrogen (secondary N) is 1. The molecule has 0 aliphatic rings. The highest BCUT2D eigenvalue weighted by Crippen LogP contribution is 2.21. The van der Waals surface area contributed by atoms with Gasteiger partial charge in [0.1, 0.15) is 12.1 Å². The Hall–Kier alpha value is -0.940. The van der Waals surface area contributed by atoms with E-state index in [0.717, 1.165) is 22.5 Å². The molecule has 0 aliphatic heterocycles. The van der Waals surface area contributed by atoms with Gasteiger partial charge in [0, 0.05) is 26.5 Å². The summed E-state index contributed by atoms with van der Waals surface area (Å²) in [5, 5.41) is 5.39. The van der Waals surface area contributed by atoms with E-state index in [1.54, 1.807) is 17.7 Å². The van der Waals surface area contributed by atoms with Crippen LogP contribution in [0, 0.1) is 0 Å². The largest absolute Gasteiger partial charge is 0.365 e. The van der Waals surface area contributed by atoms with Crippen molar-refractivity contribution in [2.45, 2.75) is 26.3 Å². The predicted molar refractivity (Wildman–Crippen MR) is 75.5 cm³/mol. The lowest BCUT2D eigenvalue weighted by atomic mass is 10.1. The van der Waals surface area contributed by atoms with Gasteiger partial charge in [0.2, 0.25) is 0 Å². The molecule has 2 heterocycles. The fourth-order valence-corrected chi connectivity index (χ4v) is 2.80. The highest BCUT2D eigenvalue weighted by Gasteiger charge is 2.03. The van der Waals surface area contributed by atoms with Gasteiger partial charge in [-0.05, 0) is 27.9 Å². The SMILES string of the molecule is CC(C)c1cc(NCc2cc(Br)cs2)ncn1. The van der Waals surface area contributed by atoms with E-state index in [2.05, 4.69) is 56.5 Å². The normalized spacial score (nSPS) is 10.8. The van der Waals surface area contributed by atoms with Crippen molar-refractivity contribution in [2.24, 2.45) is 0 Å². The third kappa shape index (κ3) is 3.51. The molecule has 90 valence electrons. The highest BCUT2D eigenvalue weighted by molar-refractivity contribution is 9.10. The van der Waals surface area contributed by atoms with Crippen LogP contribution in [-0.2, 0) is 6.54 Å². The fourth-order valence-electron chi connectivity index (χ4n) is 1.41. The Morgan fingerprint density at radius 2 is 2.18 bits per heavy atom. The van der Waals surface area contributed by atoms with Crippen LogP contribution in [0.4, 0.5) is 5.82 Å². The minimum Gasteiger partial charge on any atom is -0.365 e. The number of anilines is 1. The Kier molecular flexibility index (Phi) is 4.12. The minimum absolute atomic E-state index is 0.425. The molecule has 0 atom stereocenters. The van der Waals surface area contributed by atoms with Gasteiger partial charge in [-0.3, -0.25) is 0 Å². The molecule has 0 aliphatic carbocycles. The molecule has 0 fully saturated rings. The van der Waals surface area contributed by atoms with Gasteiger partial charge >= 0.3 is 0 Å². The fraction of sp³-hybridized carbons (Fsp3) is 0.333. The predicted octanol–water partition coefficient (Wildman–Crippen LogP) is 4.04. The molecule has 3 nitrogen and oxygen atoms in total. The second kappa shape index (κ2) is 5.60. The van der Waals surface area contributed by atoms with Crippen LogP contribution >= 0.6 is 27.3 Å². The Morgan fingerprint density at radius 3 is 2.82 bits per heavy atom. The number of hydrogen-bond acceptors (Lipinski definition) is 4. The number of nitrogens with zero attached hydrogens (tertiary/aromatic N) is 2. The lowest BCUT2D eigenvalue weighted by molar-refractivity contribution is 0.814. The molecule has 0 spiro atoms. The summed E-state index contributed by atoms with van der Waals surface area (Å²) in [6, 6.07) is 4.12. The van der Waals surface area contributed by atoms with Gasteiger partial charge in [-0.1, -0.05) is 13.8 Å². The Bertz CT molecular complexity index is 496. The first kappa shape index (κ1) is 12.5. The first-order valence-electron chi connectivity index (χ1n) is 5.44. The van der Waals surface area contributed by atoms with Crippen LogP contribution in [0.25, 0.3) is 0 Å². The maximum Gasteiger partial charge on any atom is 0.129 e. The van der Waals surface area contributed by atoms with Crippen molar-refractivity contribution in [2.75, 3.05) is 5.32 Å². The van der Waals surface area contributed by atoms with Crippen molar-refractivity contribution in [3.05, 3.63) is 38.9 Å². The summed E-state index contributed by atoms with van der Waals surface area (Å²) in [6.45, 7) is 5.05. The molecule has 2 aromatic rings. The summed E-state index contributed by atoms with van der Waals surface area (Å²) >= 11 is 5.17. The van der Waals surface area contributed by atoms with Gasteiger partial charge in [-0.15, -0.1) is 11.3 Å². The average Bonchev–Trinajstić information content (AvgIpc) is 2.73. The Labute approximate surface area is 113 Å². The maximum absolute atomic E-state index is 4.24. The van der Waals surface area contributed by atoms with Crippen LogP contribution in [0.15, 0.2) is 28.3 Å². The smallest absolute Gasteiger partial charge is 0.129 e. The van der Waals surface area contributed by atoms with E-state index < -0.39 is 0 Å². The van der Waals surface area contributed by atoms with Crippen molar-refractivity contribution in [3.8, 4) is 0 Å². The Morgan fingerprint density at radius 1 is 1.35 bits per heavy atom. The monoisotopic (exact) mass is 311 g/mol. The van der Waals surface area contributed by atoms with E-state index in [1.165, 1.54) is 4.88 Å². The molecule has 0 unspecified atom stereocenters. The number of halogens is 1. The zero-order chi connectivity index (χ0) is 12.3. The molecule has 1 N–H and O–H groups in total. The molecule has 0 radical (unpaired) electrons. The molecule has 17 heavy (non-hydrogen) atoms. The molecule has 2 aromatic heterocycles. The topological polar surface area (TPSA) is 37.8 Å². The highest BCUT2D eigenvalue weighted by atomic mass is 79.9. The Balaban J connectivity index is 2.01. The van der Waals surface area contributed by atoms with Crippen molar-refractivity contribution in [3.63, 3.8) is 0 Å². The second-order valence-electron chi connectivity index (χ2n) is 4.07. The van der Waals surface area contributed by atoms with Crippen molar-refractivity contribution in [1.82, 2.24) is 9.97 Å². The number of rotatable bonds is 4. The van der Waals surface area contributed by atoms with E-state index in [0.29, 0.717) is 5.92 Å². The van der Waals surface area contributed by atoms with E-state index in [4.69, 9.17) is 0 Å². The van der Waals surface area contributed by atoms with Crippen LogP contribution < -0.4 is 5.32 Å². The minimum atomic E-state index is 0.425. The standard InChI is InChI=1S/C12H14BrN3S/c1-8(2)11-4-12(16-7-15-11)14-5-10-3-9(13)6-17-10/h3-4,6-8H,5H2,1-2H3,(H,14,15,16). The summed E-state index contributed by atoms with van der Waals surface area (Å²) < 4.78 is 1.13. The van der Waals surface area contributed by atoms with Crippen LogP contribution in [-0.4, -0.2) is 9.97 Å². The molecule has 0 amide bonds. The van der Waals surface area contributed by atoms with Gasteiger partial charge < -0.3 is 5.32 Å². The number of aromatic nitrogens is 2. The number of hydrogen-bond donors (Lipinski definition) is 1. The van der Waals surface area contributed by atoms with Crippen LogP contribution in [0.1, 0.15) is 30.3 Å². The molecular formula is C12H14BrN3S. The van der Waals surface area contributed by atoms with E-state index in [1.807, 2.05) is 6.07 Å². The van der Waals surface area contributed by atoms with E-state index in [9.17, 15) is 0 Å². The second-order valence-corrected chi connectivity index (χ2v) is 5.98. The van der Waals surface area contributed by atoms with E-state index >= 15 is 0 Å².